The molecule has 3 nitrogen and oxygen atoms in total. The summed E-state index contributed by atoms with van der Waals surface area (Å²) in [6, 6.07) is 2.87. The van der Waals surface area contributed by atoms with Crippen LogP contribution in [0.2, 0.25) is 0 Å². The first kappa shape index (κ1) is 15.1. The van der Waals surface area contributed by atoms with Crippen molar-refractivity contribution in [3.8, 4) is 6.07 Å². The Labute approximate surface area is 110 Å². The Balaban J connectivity index is 3.83. The minimum Gasteiger partial charge on any atom is -0.207 e. The van der Waals surface area contributed by atoms with Crippen molar-refractivity contribution in [3.05, 3.63) is 28.8 Å². The molecule has 0 unspecified atom stereocenters. The van der Waals surface area contributed by atoms with Gasteiger partial charge < -0.3 is 0 Å². The van der Waals surface area contributed by atoms with Gasteiger partial charge in [0.2, 0.25) is 0 Å². The number of benzene rings is 1. The van der Waals surface area contributed by atoms with Crippen LogP contribution >= 0.6 is 22.3 Å². The normalized spacial score (nSPS) is 12.2. The van der Waals surface area contributed by atoms with Gasteiger partial charge in [0.1, 0.15) is 0 Å². The van der Waals surface area contributed by atoms with E-state index in [9.17, 15) is 21.6 Å². The van der Waals surface area contributed by atoms with E-state index in [0.717, 1.165) is 6.07 Å². The van der Waals surface area contributed by atoms with Crippen molar-refractivity contribution in [1.82, 2.24) is 0 Å². The minimum atomic E-state index is -5.01. The molecular formula is C9H4Cl2F3NO2S. The average Bonchev–Trinajstić information content (AvgIpc) is 2.24. The molecule has 0 aliphatic carbocycles. The Morgan fingerprint density at radius 2 is 1.89 bits per heavy atom. The van der Waals surface area contributed by atoms with Gasteiger partial charge in [-0.3, -0.25) is 0 Å². The molecule has 0 heterocycles. The summed E-state index contributed by atoms with van der Waals surface area (Å²) >= 11 is 5.42. The van der Waals surface area contributed by atoms with Crippen LogP contribution in [0.1, 0.15) is 16.7 Å². The molecule has 1 rings (SSSR count). The van der Waals surface area contributed by atoms with Gasteiger partial charge in [-0.05, 0) is 17.7 Å². The predicted octanol–water partition coefficient (Wildman–Crippen LogP) is 3.24. The Morgan fingerprint density at radius 1 is 1.33 bits per heavy atom. The third-order valence-electron chi connectivity index (χ3n) is 1.98. The fraction of sp³-hybridized carbons (Fsp3) is 0.222. The lowest BCUT2D eigenvalue weighted by atomic mass is 10.0. The van der Waals surface area contributed by atoms with E-state index in [1.807, 2.05) is 0 Å². The number of nitriles is 1. The highest BCUT2D eigenvalue weighted by molar-refractivity contribution is 8.13. The van der Waals surface area contributed by atoms with Crippen LogP contribution in [0.5, 0.6) is 0 Å². The van der Waals surface area contributed by atoms with Crippen molar-refractivity contribution < 1.29 is 21.6 Å². The zero-order valence-corrected chi connectivity index (χ0v) is 10.8. The summed E-state index contributed by atoms with van der Waals surface area (Å²) in [5, 5.41) is 8.66. The summed E-state index contributed by atoms with van der Waals surface area (Å²) in [4.78, 5) is -1.16. The molecule has 0 saturated heterocycles. The van der Waals surface area contributed by atoms with Crippen molar-refractivity contribution in [2.24, 2.45) is 0 Å². The molecule has 0 aliphatic rings. The van der Waals surface area contributed by atoms with Crippen molar-refractivity contribution >= 4 is 31.3 Å². The molecule has 1 aromatic rings. The molecule has 0 spiro atoms. The molecule has 0 saturated carbocycles. The molecule has 0 amide bonds. The lowest BCUT2D eigenvalue weighted by molar-refractivity contribution is -0.140. The molecule has 18 heavy (non-hydrogen) atoms. The van der Waals surface area contributed by atoms with E-state index < -0.39 is 31.2 Å². The molecule has 0 N–H and O–H groups in total. The van der Waals surface area contributed by atoms with Gasteiger partial charge in [-0.25, -0.2) is 8.42 Å². The maximum atomic E-state index is 12.8. The second kappa shape index (κ2) is 4.96. The second-order valence-electron chi connectivity index (χ2n) is 3.20. The van der Waals surface area contributed by atoms with Crippen LogP contribution in [0, 0.1) is 11.3 Å². The van der Waals surface area contributed by atoms with Crippen molar-refractivity contribution in [2.45, 2.75) is 17.0 Å². The quantitative estimate of drug-likeness (QED) is 0.621. The van der Waals surface area contributed by atoms with E-state index >= 15 is 0 Å². The van der Waals surface area contributed by atoms with Crippen LogP contribution in [-0.4, -0.2) is 8.42 Å². The summed E-state index contributed by atoms with van der Waals surface area (Å²) in [6.07, 6.45) is -5.01. The second-order valence-corrected chi connectivity index (χ2v) is 6.00. The molecule has 0 atom stereocenters. The number of halogens is 5. The molecule has 0 aliphatic heterocycles. The van der Waals surface area contributed by atoms with Gasteiger partial charge in [-0.15, -0.1) is 11.6 Å². The maximum Gasteiger partial charge on any atom is 0.418 e. The molecule has 0 bridgehead atoms. The first-order valence-electron chi connectivity index (χ1n) is 4.26. The summed E-state index contributed by atoms with van der Waals surface area (Å²) in [5.41, 5.74) is -2.35. The fourth-order valence-electron chi connectivity index (χ4n) is 1.32. The Hall–Kier alpha value is -0.970. The van der Waals surface area contributed by atoms with Gasteiger partial charge in [0.25, 0.3) is 9.05 Å². The van der Waals surface area contributed by atoms with Crippen LogP contribution in [0.4, 0.5) is 13.2 Å². The highest BCUT2D eigenvalue weighted by Crippen LogP contribution is 2.38. The lowest BCUT2D eigenvalue weighted by Gasteiger charge is -2.13. The van der Waals surface area contributed by atoms with E-state index in [1.54, 1.807) is 0 Å². The minimum absolute atomic E-state index is 0.0560. The van der Waals surface area contributed by atoms with Crippen molar-refractivity contribution in [3.63, 3.8) is 0 Å². The van der Waals surface area contributed by atoms with Gasteiger partial charge >= 0.3 is 6.18 Å². The third kappa shape index (κ3) is 3.07. The van der Waals surface area contributed by atoms with Gasteiger partial charge in [-0.1, -0.05) is 0 Å². The number of rotatable bonds is 2. The summed E-state index contributed by atoms with van der Waals surface area (Å²) in [6.45, 7) is 0. The maximum absolute atomic E-state index is 12.8. The van der Waals surface area contributed by atoms with Crippen molar-refractivity contribution in [1.29, 1.82) is 5.26 Å². The topological polar surface area (TPSA) is 57.9 Å². The average molecular weight is 318 g/mol. The van der Waals surface area contributed by atoms with Crippen LogP contribution < -0.4 is 0 Å². The van der Waals surface area contributed by atoms with Gasteiger partial charge in [0.05, 0.1) is 22.1 Å². The monoisotopic (exact) mass is 317 g/mol. The molecule has 0 fully saturated rings. The first-order valence-corrected chi connectivity index (χ1v) is 7.10. The van der Waals surface area contributed by atoms with Crippen LogP contribution in [0.15, 0.2) is 17.0 Å². The van der Waals surface area contributed by atoms with Crippen LogP contribution in [-0.2, 0) is 21.1 Å². The highest BCUT2D eigenvalue weighted by Gasteiger charge is 2.40. The summed E-state index contributed by atoms with van der Waals surface area (Å²) in [7, 11) is 0.308. The van der Waals surface area contributed by atoms with E-state index in [0.29, 0.717) is 6.07 Å². The van der Waals surface area contributed by atoms with E-state index in [2.05, 4.69) is 0 Å². The molecule has 1 aromatic carbocycles. The SMILES string of the molecule is N#Cc1cc(CCl)cc(S(=O)(=O)Cl)c1C(F)(F)F. The van der Waals surface area contributed by atoms with E-state index in [1.165, 1.54) is 6.07 Å². The number of hydrogen-bond donors (Lipinski definition) is 0. The fourth-order valence-corrected chi connectivity index (χ4v) is 2.60. The van der Waals surface area contributed by atoms with Crippen molar-refractivity contribution in [2.75, 3.05) is 0 Å². The third-order valence-corrected chi connectivity index (χ3v) is 3.64. The molecule has 0 radical (unpaired) electrons. The van der Waals surface area contributed by atoms with Gasteiger partial charge in [0.15, 0.2) is 0 Å². The predicted molar refractivity (Wildman–Crippen MR) is 58.8 cm³/mol. The van der Waals surface area contributed by atoms with E-state index in [-0.39, 0.29) is 11.4 Å². The molecule has 9 heteroatoms. The summed E-state index contributed by atoms with van der Waals surface area (Å²) in [5.74, 6) is -0.244. The van der Waals surface area contributed by atoms with Gasteiger partial charge in [0, 0.05) is 16.6 Å². The zero-order chi connectivity index (χ0) is 14.1. The van der Waals surface area contributed by atoms with Crippen LogP contribution in [0.3, 0.4) is 0 Å². The number of nitrogens with zero attached hydrogens (tertiary/aromatic N) is 1. The van der Waals surface area contributed by atoms with E-state index in [4.69, 9.17) is 27.5 Å². The standard InChI is InChI=1S/C9H4Cl2F3NO2S/c10-3-5-1-6(4-15)8(9(12,13)14)7(2-5)18(11,16)17/h1-2H,3H2. The van der Waals surface area contributed by atoms with Gasteiger partial charge in [-0.2, -0.15) is 18.4 Å². The Morgan fingerprint density at radius 3 is 2.22 bits per heavy atom. The van der Waals surface area contributed by atoms with Crippen LogP contribution in [0.25, 0.3) is 0 Å². The molecule has 0 aromatic heterocycles. The lowest BCUT2D eigenvalue weighted by Crippen LogP contribution is -2.14. The molecular weight excluding hydrogens is 314 g/mol. The number of alkyl halides is 4. The largest absolute Gasteiger partial charge is 0.418 e. The smallest absolute Gasteiger partial charge is 0.207 e. The Bertz CT molecular complexity index is 620. The Kier molecular flexibility index (Phi) is 4.15. The summed E-state index contributed by atoms with van der Waals surface area (Å²) < 4.78 is 60.6. The zero-order valence-electron chi connectivity index (χ0n) is 8.42. The molecule has 98 valence electrons. The first-order chi connectivity index (χ1) is 8.11. The highest BCUT2D eigenvalue weighted by atomic mass is 35.7. The number of hydrogen-bond acceptors (Lipinski definition) is 3.